The van der Waals surface area contributed by atoms with E-state index in [0.29, 0.717) is 0 Å². The summed E-state index contributed by atoms with van der Waals surface area (Å²) in [6.07, 6.45) is 0. The number of furan rings is 1. The lowest BCUT2D eigenvalue weighted by Crippen LogP contribution is -2.32. The van der Waals surface area contributed by atoms with Crippen LogP contribution in [0.2, 0.25) is 0 Å². The summed E-state index contributed by atoms with van der Waals surface area (Å²) in [5.41, 5.74) is 20.2. The maximum Gasteiger partial charge on any atom is 0.136 e. The van der Waals surface area contributed by atoms with E-state index in [1.54, 1.807) is 0 Å². The van der Waals surface area contributed by atoms with Gasteiger partial charge in [0.15, 0.2) is 0 Å². The molecular weight excluding hydrogens is 879 g/mol. The minimum absolute atomic E-state index is 0.636. The van der Waals surface area contributed by atoms with Crippen molar-refractivity contribution in [3.8, 4) is 56.4 Å². The topological polar surface area (TPSA) is 34.8 Å². The van der Waals surface area contributed by atoms with Crippen LogP contribution in [0.3, 0.4) is 0 Å². The van der Waals surface area contributed by atoms with Crippen LogP contribution in [-0.2, 0) is 10.8 Å². The van der Waals surface area contributed by atoms with E-state index in [2.05, 4.69) is 241 Å². The summed E-state index contributed by atoms with van der Waals surface area (Å²) < 4.78 is 19.9. The van der Waals surface area contributed by atoms with Crippen molar-refractivity contribution in [3.05, 3.63) is 293 Å². The zero-order valence-electron chi connectivity index (χ0n) is 38.8. The third-order valence-corrected chi connectivity index (χ3v) is 16.0. The second-order valence-electron chi connectivity index (χ2n) is 19.4. The maximum atomic E-state index is 6.76. The number of hydrogen-bond donors (Lipinski definition) is 0. The Hall–Kier alpha value is -9.38. The number of para-hydroxylation sites is 5. The molecule has 0 saturated carbocycles. The Morgan fingerprint density at radius 1 is 0.292 bits per heavy atom. The monoisotopic (exact) mass is 919 g/mol. The molecule has 72 heavy (non-hydrogen) atoms. The summed E-state index contributed by atoms with van der Waals surface area (Å²) in [6.45, 7) is 0. The average molecular weight is 920 g/mol. The molecule has 11 aromatic carbocycles. The molecule has 2 aliphatic carbocycles. The van der Waals surface area contributed by atoms with Gasteiger partial charge >= 0.3 is 0 Å². The molecule has 0 N–H and O–H groups in total. The molecule has 3 heterocycles. The van der Waals surface area contributed by atoms with Crippen LogP contribution in [0.5, 0.6) is 23.0 Å². The Balaban J connectivity index is 0.980. The molecular formula is C68H41NO3. The van der Waals surface area contributed by atoms with Gasteiger partial charge in [0.25, 0.3) is 0 Å². The highest BCUT2D eigenvalue weighted by atomic mass is 16.5. The fraction of sp³-hybridized carbons (Fsp3) is 0.0294. The molecule has 2 aliphatic heterocycles. The van der Waals surface area contributed by atoms with E-state index < -0.39 is 10.8 Å². The molecule has 4 aliphatic rings. The first-order chi connectivity index (χ1) is 35.7. The number of nitrogens with zero attached hydrogens (tertiary/aromatic N) is 1. The second-order valence-corrected chi connectivity index (χ2v) is 19.4. The zero-order valence-corrected chi connectivity index (χ0v) is 38.8. The van der Waals surface area contributed by atoms with Crippen LogP contribution in [0.25, 0.3) is 55.3 Å². The molecule has 0 unspecified atom stereocenters. The van der Waals surface area contributed by atoms with E-state index in [4.69, 9.17) is 13.9 Å². The van der Waals surface area contributed by atoms with Crippen LogP contribution in [-0.4, -0.2) is 0 Å². The fourth-order valence-electron chi connectivity index (χ4n) is 13.3. The summed E-state index contributed by atoms with van der Waals surface area (Å²) >= 11 is 0. The summed E-state index contributed by atoms with van der Waals surface area (Å²) in [4.78, 5) is 2.53. The van der Waals surface area contributed by atoms with Crippen molar-refractivity contribution in [2.24, 2.45) is 0 Å². The first-order valence-corrected chi connectivity index (χ1v) is 24.7. The second kappa shape index (κ2) is 14.6. The maximum absolute atomic E-state index is 6.76. The van der Waals surface area contributed by atoms with Crippen LogP contribution >= 0.6 is 0 Å². The van der Waals surface area contributed by atoms with Gasteiger partial charge in [-0.3, -0.25) is 0 Å². The summed E-state index contributed by atoms with van der Waals surface area (Å²) in [6, 6.07) is 90.3. The Morgan fingerprint density at radius 3 is 1.21 bits per heavy atom. The van der Waals surface area contributed by atoms with Crippen molar-refractivity contribution < 1.29 is 13.9 Å². The molecule has 16 rings (SSSR count). The van der Waals surface area contributed by atoms with Crippen LogP contribution in [0, 0.1) is 0 Å². The molecule has 1 aromatic heterocycles. The molecule has 336 valence electrons. The molecule has 0 bridgehead atoms. The standard InChI is InChI=1S/C68H41NO3/c1-4-20-49-47(18-1)65-55(67(49)51-22-6-11-31-60(51)71-61-32-12-7-23-52(61)67)26-15-28-57(65)69(44-38-35-42(36-39-44)43-37-40-46-45-17-3-10-30-59(45)70-64(46)41-43)58-29-16-27-56-66(58)48-19-2-5-21-50(48)68(56)53-24-8-13-33-62(53)72-63-34-14-9-25-54(63)68/h1-41H. The van der Waals surface area contributed by atoms with Crippen molar-refractivity contribution in [3.63, 3.8) is 0 Å². The molecule has 4 heteroatoms. The minimum atomic E-state index is -0.636. The van der Waals surface area contributed by atoms with Crippen LogP contribution in [0.4, 0.5) is 17.1 Å². The van der Waals surface area contributed by atoms with Gasteiger partial charge in [0.1, 0.15) is 34.2 Å². The van der Waals surface area contributed by atoms with Crippen molar-refractivity contribution in [1.29, 1.82) is 0 Å². The van der Waals surface area contributed by atoms with Crippen molar-refractivity contribution in [2.75, 3.05) is 4.90 Å². The molecule has 4 nitrogen and oxygen atoms in total. The molecule has 0 saturated heterocycles. The third kappa shape index (κ3) is 5.05. The first-order valence-electron chi connectivity index (χ1n) is 24.7. The molecule has 0 fully saturated rings. The predicted molar refractivity (Wildman–Crippen MR) is 289 cm³/mol. The molecule has 0 amide bonds. The van der Waals surface area contributed by atoms with Crippen LogP contribution in [0.15, 0.2) is 253 Å². The first kappa shape index (κ1) is 39.5. The molecule has 12 aromatic rings. The Labute approximate surface area is 416 Å². The van der Waals surface area contributed by atoms with Crippen LogP contribution in [0.1, 0.15) is 44.5 Å². The van der Waals surface area contributed by atoms with Gasteiger partial charge < -0.3 is 18.8 Å². The predicted octanol–water partition coefficient (Wildman–Crippen LogP) is 17.7. The largest absolute Gasteiger partial charge is 0.457 e. The van der Waals surface area contributed by atoms with Gasteiger partial charge in [-0.2, -0.15) is 0 Å². The summed E-state index contributed by atoms with van der Waals surface area (Å²) in [7, 11) is 0. The molecule has 0 atom stereocenters. The Bertz CT molecular complexity index is 3970. The van der Waals surface area contributed by atoms with Crippen LogP contribution < -0.4 is 14.4 Å². The van der Waals surface area contributed by atoms with Crippen molar-refractivity contribution in [2.45, 2.75) is 10.8 Å². The highest BCUT2D eigenvalue weighted by molar-refractivity contribution is 6.06. The quantitative estimate of drug-likeness (QED) is 0.176. The normalized spacial score (nSPS) is 14.3. The van der Waals surface area contributed by atoms with Gasteiger partial charge in [0.05, 0.1) is 22.2 Å². The van der Waals surface area contributed by atoms with E-state index >= 15 is 0 Å². The number of fused-ring (bicyclic) bond motifs is 21. The fourth-order valence-corrected chi connectivity index (χ4v) is 13.3. The SMILES string of the molecule is c1ccc2c(c1)Oc1ccccc1C21c2ccccc2-c2c(N(c3ccc(-c4ccc5c(c4)oc4ccccc45)cc3)c3cccc4c3-c3ccccc3C43c4ccccc4Oc4ccccc43)cccc21. The molecule has 0 radical (unpaired) electrons. The summed E-state index contributed by atoms with van der Waals surface area (Å²) in [5.74, 6) is 3.49. The third-order valence-electron chi connectivity index (χ3n) is 16.0. The van der Waals surface area contributed by atoms with Crippen molar-refractivity contribution >= 4 is 39.0 Å². The van der Waals surface area contributed by atoms with Gasteiger partial charge in [-0.1, -0.05) is 182 Å². The minimum Gasteiger partial charge on any atom is -0.457 e. The average Bonchev–Trinajstić information content (AvgIpc) is 4.08. The summed E-state index contributed by atoms with van der Waals surface area (Å²) in [5, 5.41) is 2.25. The highest BCUT2D eigenvalue weighted by Gasteiger charge is 2.54. The lowest BCUT2D eigenvalue weighted by molar-refractivity contribution is 0.436. The van der Waals surface area contributed by atoms with Gasteiger partial charge in [0.2, 0.25) is 0 Å². The lowest BCUT2D eigenvalue weighted by atomic mass is 9.66. The Kier molecular flexibility index (Phi) is 7.99. The number of anilines is 3. The Morgan fingerprint density at radius 2 is 0.694 bits per heavy atom. The van der Waals surface area contributed by atoms with Crippen molar-refractivity contribution in [1.82, 2.24) is 0 Å². The van der Waals surface area contributed by atoms with E-state index in [1.807, 2.05) is 12.1 Å². The number of rotatable bonds is 4. The van der Waals surface area contributed by atoms with Gasteiger partial charge in [0, 0.05) is 49.8 Å². The zero-order chi connectivity index (χ0) is 47.1. The van der Waals surface area contributed by atoms with Gasteiger partial charge in [-0.25, -0.2) is 0 Å². The van der Waals surface area contributed by atoms with E-state index in [1.165, 1.54) is 44.5 Å². The van der Waals surface area contributed by atoms with Gasteiger partial charge in [-0.15, -0.1) is 0 Å². The molecule has 2 spiro atoms. The van der Waals surface area contributed by atoms with Gasteiger partial charge in [-0.05, 0) is 111 Å². The van der Waals surface area contributed by atoms with E-state index in [9.17, 15) is 0 Å². The number of benzene rings is 11. The lowest BCUT2D eigenvalue weighted by Gasteiger charge is -2.40. The highest BCUT2D eigenvalue weighted by Crippen LogP contribution is 2.67. The van der Waals surface area contributed by atoms with E-state index in [0.717, 1.165) is 95.4 Å². The number of hydrogen-bond acceptors (Lipinski definition) is 4. The smallest absolute Gasteiger partial charge is 0.136 e. The number of ether oxygens (including phenoxy) is 2. The van der Waals surface area contributed by atoms with E-state index in [-0.39, 0.29) is 0 Å².